The number of imidazole rings is 1. The number of hydrogen-bond donors (Lipinski definition) is 2. The molecule has 0 saturated carbocycles. The molecule has 2 amide bonds. The van der Waals surface area contributed by atoms with Gasteiger partial charge >= 0.3 is 0 Å². The zero-order chi connectivity index (χ0) is 21.5. The highest BCUT2D eigenvalue weighted by Gasteiger charge is 2.17. The number of amides is 2. The van der Waals surface area contributed by atoms with Crippen LogP contribution in [0.1, 0.15) is 24.9 Å². The second-order valence-corrected chi connectivity index (χ2v) is 7.77. The van der Waals surface area contributed by atoms with E-state index in [1.165, 1.54) is 6.92 Å². The topological polar surface area (TPSA) is 85.2 Å². The molecule has 1 aromatic heterocycles. The molecule has 3 aromatic rings. The SMILES string of the molecule is COc1ccc(C(CC(=O)Nc2ccc(Sc3nccn3C)cc2)NC(C)=O)cc1. The molecule has 8 heteroatoms. The van der Waals surface area contributed by atoms with E-state index in [0.29, 0.717) is 11.4 Å². The molecule has 0 saturated heterocycles. The average molecular weight is 425 g/mol. The third kappa shape index (κ3) is 5.87. The molecule has 156 valence electrons. The van der Waals surface area contributed by atoms with Gasteiger partial charge in [0.1, 0.15) is 5.75 Å². The molecule has 30 heavy (non-hydrogen) atoms. The predicted octanol–water partition coefficient (Wildman–Crippen LogP) is 3.79. The molecule has 0 bridgehead atoms. The highest BCUT2D eigenvalue weighted by molar-refractivity contribution is 7.99. The van der Waals surface area contributed by atoms with Crippen LogP contribution >= 0.6 is 11.8 Å². The van der Waals surface area contributed by atoms with Gasteiger partial charge in [-0.1, -0.05) is 23.9 Å². The van der Waals surface area contributed by atoms with Crippen molar-refractivity contribution in [3.8, 4) is 5.75 Å². The third-order valence-corrected chi connectivity index (χ3v) is 5.49. The molecule has 0 fully saturated rings. The lowest BCUT2D eigenvalue weighted by Gasteiger charge is -2.18. The number of carbonyl (C=O) groups is 2. The van der Waals surface area contributed by atoms with Crippen molar-refractivity contribution in [1.82, 2.24) is 14.9 Å². The Morgan fingerprint density at radius 3 is 2.40 bits per heavy atom. The number of rotatable bonds is 8. The Morgan fingerprint density at radius 1 is 1.13 bits per heavy atom. The summed E-state index contributed by atoms with van der Waals surface area (Å²) in [5.74, 6) is 0.335. The number of ether oxygens (including phenoxy) is 1. The van der Waals surface area contributed by atoms with Crippen LogP contribution in [0.15, 0.2) is 71.0 Å². The van der Waals surface area contributed by atoms with Crippen LogP contribution in [-0.4, -0.2) is 28.5 Å². The van der Waals surface area contributed by atoms with E-state index < -0.39 is 6.04 Å². The number of aromatic nitrogens is 2. The molecule has 2 aromatic carbocycles. The fraction of sp³-hybridized carbons (Fsp3) is 0.227. The average Bonchev–Trinajstić information content (AvgIpc) is 3.13. The van der Waals surface area contributed by atoms with Gasteiger partial charge < -0.3 is 19.9 Å². The van der Waals surface area contributed by atoms with Gasteiger partial charge in [0, 0.05) is 36.9 Å². The summed E-state index contributed by atoms with van der Waals surface area (Å²) in [4.78, 5) is 29.5. The normalized spacial score (nSPS) is 11.6. The molecule has 2 N–H and O–H groups in total. The van der Waals surface area contributed by atoms with Crippen LogP contribution < -0.4 is 15.4 Å². The first-order valence-corrected chi connectivity index (χ1v) is 10.2. The Hall–Kier alpha value is -3.26. The standard InChI is InChI=1S/C22H24N4O3S/c1-15(27)24-20(16-4-8-18(29-3)9-5-16)14-21(28)25-17-6-10-19(11-7-17)30-22-23-12-13-26(22)2/h4-13,20H,14H2,1-3H3,(H,24,27)(H,25,28). The lowest BCUT2D eigenvalue weighted by Crippen LogP contribution is -2.29. The third-order valence-electron chi connectivity index (χ3n) is 4.41. The van der Waals surface area contributed by atoms with Crippen molar-refractivity contribution in [2.75, 3.05) is 12.4 Å². The summed E-state index contributed by atoms with van der Waals surface area (Å²) in [6.45, 7) is 1.44. The lowest BCUT2D eigenvalue weighted by atomic mass is 10.0. The Labute approximate surface area is 179 Å². The smallest absolute Gasteiger partial charge is 0.226 e. The summed E-state index contributed by atoms with van der Waals surface area (Å²) in [5.41, 5.74) is 1.53. The molecule has 7 nitrogen and oxygen atoms in total. The van der Waals surface area contributed by atoms with Crippen LogP contribution in [0.5, 0.6) is 5.75 Å². The van der Waals surface area contributed by atoms with Crippen LogP contribution in [0.2, 0.25) is 0 Å². The Bertz CT molecular complexity index is 1000. The van der Waals surface area contributed by atoms with E-state index in [1.54, 1.807) is 37.2 Å². The van der Waals surface area contributed by atoms with E-state index in [1.807, 2.05) is 54.2 Å². The number of benzene rings is 2. The molecule has 3 rings (SSSR count). The zero-order valence-electron chi connectivity index (χ0n) is 17.1. The van der Waals surface area contributed by atoms with Crippen LogP contribution in [0.4, 0.5) is 5.69 Å². The molecule has 0 aliphatic carbocycles. The predicted molar refractivity (Wildman–Crippen MR) is 117 cm³/mol. The van der Waals surface area contributed by atoms with Gasteiger partial charge in [-0.2, -0.15) is 0 Å². The summed E-state index contributed by atoms with van der Waals surface area (Å²) >= 11 is 1.55. The Balaban J connectivity index is 1.62. The van der Waals surface area contributed by atoms with Crippen molar-refractivity contribution < 1.29 is 14.3 Å². The molecule has 1 atom stereocenters. The van der Waals surface area contributed by atoms with Gasteiger partial charge in [-0.15, -0.1) is 0 Å². The van der Waals surface area contributed by atoms with Gasteiger partial charge in [-0.3, -0.25) is 9.59 Å². The summed E-state index contributed by atoms with van der Waals surface area (Å²) in [6, 6.07) is 14.4. The lowest BCUT2D eigenvalue weighted by molar-refractivity contribution is -0.120. The number of carbonyl (C=O) groups excluding carboxylic acids is 2. The van der Waals surface area contributed by atoms with Gasteiger partial charge in [0.15, 0.2) is 5.16 Å². The van der Waals surface area contributed by atoms with E-state index in [-0.39, 0.29) is 18.2 Å². The summed E-state index contributed by atoms with van der Waals surface area (Å²) in [7, 11) is 3.53. The summed E-state index contributed by atoms with van der Waals surface area (Å²) in [6.07, 6.45) is 3.77. The number of nitrogens with one attached hydrogen (secondary N) is 2. The van der Waals surface area contributed by atoms with Crippen molar-refractivity contribution in [2.24, 2.45) is 7.05 Å². The fourth-order valence-corrected chi connectivity index (χ4v) is 3.69. The van der Waals surface area contributed by atoms with E-state index >= 15 is 0 Å². The van der Waals surface area contributed by atoms with Gasteiger partial charge in [0.25, 0.3) is 0 Å². The number of anilines is 1. The van der Waals surface area contributed by atoms with E-state index in [9.17, 15) is 9.59 Å². The van der Waals surface area contributed by atoms with Crippen LogP contribution in [0, 0.1) is 0 Å². The van der Waals surface area contributed by atoms with Gasteiger partial charge in [-0.05, 0) is 42.0 Å². The largest absolute Gasteiger partial charge is 0.497 e. The first-order chi connectivity index (χ1) is 14.4. The second kappa shape index (κ2) is 9.98. The van der Waals surface area contributed by atoms with Gasteiger partial charge in [0.05, 0.1) is 19.6 Å². The maximum atomic E-state index is 12.6. The highest BCUT2D eigenvalue weighted by Crippen LogP contribution is 2.27. The Morgan fingerprint density at radius 2 is 1.83 bits per heavy atom. The quantitative estimate of drug-likeness (QED) is 0.575. The molecule has 1 unspecified atom stereocenters. The van der Waals surface area contributed by atoms with Crippen molar-refractivity contribution in [2.45, 2.75) is 29.4 Å². The number of nitrogens with zero attached hydrogens (tertiary/aromatic N) is 2. The minimum Gasteiger partial charge on any atom is -0.497 e. The monoisotopic (exact) mass is 424 g/mol. The first-order valence-electron chi connectivity index (χ1n) is 9.40. The molecule has 0 spiro atoms. The van der Waals surface area contributed by atoms with E-state index in [2.05, 4.69) is 15.6 Å². The number of methoxy groups -OCH3 is 1. The zero-order valence-corrected chi connectivity index (χ0v) is 17.9. The Kier molecular flexibility index (Phi) is 7.13. The maximum Gasteiger partial charge on any atom is 0.226 e. The minimum absolute atomic E-state index is 0.121. The van der Waals surface area contributed by atoms with E-state index in [0.717, 1.165) is 15.6 Å². The minimum atomic E-state index is -0.424. The second-order valence-electron chi connectivity index (χ2n) is 6.73. The molecule has 0 aliphatic rings. The van der Waals surface area contributed by atoms with E-state index in [4.69, 9.17) is 4.74 Å². The summed E-state index contributed by atoms with van der Waals surface area (Å²) in [5, 5.41) is 6.62. The van der Waals surface area contributed by atoms with Gasteiger partial charge in [-0.25, -0.2) is 4.98 Å². The van der Waals surface area contributed by atoms with Crippen molar-refractivity contribution >= 4 is 29.3 Å². The molecule has 0 aliphatic heterocycles. The molecular formula is C22H24N4O3S. The first kappa shape index (κ1) is 21.4. The maximum absolute atomic E-state index is 12.6. The van der Waals surface area contributed by atoms with Crippen LogP contribution in [-0.2, 0) is 16.6 Å². The number of hydrogen-bond acceptors (Lipinski definition) is 5. The molecular weight excluding hydrogens is 400 g/mol. The molecule has 1 heterocycles. The number of aryl methyl sites for hydroxylation is 1. The molecule has 0 radical (unpaired) electrons. The van der Waals surface area contributed by atoms with Crippen LogP contribution in [0.3, 0.4) is 0 Å². The fourth-order valence-electron chi connectivity index (χ4n) is 2.89. The van der Waals surface area contributed by atoms with Crippen molar-refractivity contribution in [3.05, 3.63) is 66.5 Å². The highest BCUT2D eigenvalue weighted by atomic mass is 32.2. The van der Waals surface area contributed by atoms with Gasteiger partial charge in [0.2, 0.25) is 11.8 Å². The van der Waals surface area contributed by atoms with Crippen LogP contribution in [0.25, 0.3) is 0 Å². The summed E-state index contributed by atoms with van der Waals surface area (Å²) < 4.78 is 7.11. The van der Waals surface area contributed by atoms with Crippen molar-refractivity contribution in [1.29, 1.82) is 0 Å². The van der Waals surface area contributed by atoms with Crippen molar-refractivity contribution in [3.63, 3.8) is 0 Å².